The molecule has 2 aliphatic carbocycles. The maximum atomic E-state index is 12.0. The number of anilines is 4. The predicted octanol–water partition coefficient (Wildman–Crippen LogP) is 10.6. The number of pyridine rings is 4. The summed E-state index contributed by atoms with van der Waals surface area (Å²) < 4.78 is 26.2. The zero-order valence-electron chi connectivity index (χ0n) is 57.7. The number of hydrogen-bond donors (Lipinski definition) is 6. The van der Waals surface area contributed by atoms with Crippen LogP contribution in [0, 0.1) is 0 Å². The Bertz CT molecular complexity index is 4550. The molecule has 10 N–H and O–H groups in total. The van der Waals surface area contributed by atoms with Crippen molar-refractivity contribution in [3.05, 3.63) is 174 Å². The molecular formula is C76H88BClN16O6. The molecule has 22 nitrogen and oxygen atoms in total. The van der Waals surface area contributed by atoms with Crippen molar-refractivity contribution in [3.63, 3.8) is 0 Å². The first-order valence-corrected chi connectivity index (χ1v) is 34.8. The van der Waals surface area contributed by atoms with Crippen LogP contribution >= 0.6 is 11.6 Å². The first kappa shape index (κ1) is 69.2. The highest BCUT2D eigenvalue weighted by Gasteiger charge is 2.52. The molecule has 2 amide bonds. The molecule has 5 aliphatic rings. The number of hydrogen-bond acceptors (Lipinski definition) is 18. The van der Waals surface area contributed by atoms with Gasteiger partial charge in [0.05, 0.1) is 28.0 Å². The number of nitrogens with one attached hydrogen (secondary N) is 2. The van der Waals surface area contributed by atoms with Crippen LogP contribution in [0.15, 0.2) is 158 Å². The number of carbonyl (C=O) groups excluding carboxylic acids is 2. The highest BCUT2D eigenvalue weighted by Crippen LogP contribution is 2.42. The number of nitrogen functional groups attached to an aromatic ring is 2. The van der Waals surface area contributed by atoms with Gasteiger partial charge in [0.15, 0.2) is 22.9 Å². The van der Waals surface area contributed by atoms with Gasteiger partial charge in [-0.15, -0.1) is 0 Å². The van der Waals surface area contributed by atoms with Crippen molar-refractivity contribution in [1.82, 2.24) is 49.7 Å². The Morgan fingerprint density at radius 1 is 0.550 bits per heavy atom. The third kappa shape index (κ3) is 14.7. The van der Waals surface area contributed by atoms with Gasteiger partial charge in [-0.2, -0.15) is 0 Å². The number of nitrogens with zero attached hydrogens (tertiary/aromatic N) is 10. The van der Waals surface area contributed by atoms with Gasteiger partial charge in [0.1, 0.15) is 41.0 Å². The molecule has 2 saturated carbocycles. The topological polar surface area (TPSA) is 293 Å². The van der Waals surface area contributed by atoms with Crippen LogP contribution in [0.4, 0.5) is 23.0 Å². The van der Waals surface area contributed by atoms with Crippen molar-refractivity contribution < 1.29 is 28.4 Å². The van der Waals surface area contributed by atoms with E-state index in [-0.39, 0.29) is 66.5 Å². The van der Waals surface area contributed by atoms with Gasteiger partial charge in [0, 0.05) is 104 Å². The van der Waals surface area contributed by atoms with Crippen molar-refractivity contribution >= 4 is 81.3 Å². The number of methoxy groups -OCH3 is 2. The third-order valence-corrected chi connectivity index (χ3v) is 20.8. The number of imidazole rings is 2. The number of fused-ring (bicyclic) bond motifs is 2. The summed E-state index contributed by atoms with van der Waals surface area (Å²) in [7, 11) is 2.73. The highest BCUT2D eigenvalue weighted by molar-refractivity contribution is 6.62. The summed E-state index contributed by atoms with van der Waals surface area (Å²) in [6.45, 7) is 12.0. The number of benzene rings is 4. The molecule has 24 heteroatoms. The van der Waals surface area contributed by atoms with Crippen molar-refractivity contribution in [2.75, 3.05) is 74.9 Å². The minimum atomic E-state index is -0.346. The van der Waals surface area contributed by atoms with Crippen LogP contribution in [0.3, 0.4) is 0 Å². The van der Waals surface area contributed by atoms with Crippen molar-refractivity contribution in [2.24, 2.45) is 11.5 Å². The van der Waals surface area contributed by atoms with Crippen LogP contribution in [0.5, 0.6) is 0 Å². The van der Waals surface area contributed by atoms with Gasteiger partial charge >= 0.3 is 7.12 Å². The largest absolute Gasteiger partial charge is 0.494 e. The summed E-state index contributed by atoms with van der Waals surface area (Å²) in [6.07, 6.45) is 13.4. The monoisotopic (exact) mass is 1370 g/mol. The molecule has 0 bridgehead atoms. The quantitative estimate of drug-likeness (QED) is 0.0387. The number of carbonyl (C=O) groups is 2. The molecule has 4 aromatic carbocycles. The van der Waals surface area contributed by atoms with E-state index in [1.165, 1.54) is 26.3 Å². The van der Waals surface area contributed by atoms with E-state index in [9.17, 15) is 9.59 Å². The average molecular weight is 1370 g/mol. The summed E-state index contributed by atoms with van der Waals surface area (Å²) >= 11 is 6.17. The van der Waals surface area contributed by atoms with Crippen molar-refractivity contribution in [2.45, 2.75) is 126 Å². The average Bonchev–Trinajstić information content (AvgIpc) is 1.57. The Morgan fingerprint density at radius 3 is 1.45 bits per heavy atom. The number of halogens is 1. The summed E-state index contributed by atoms with van der Waals surface area (Å²) in [6, 6.07) is 49.1. The number of ether oxygens (including phenoxy) is 2. The van der Waals surface area contributed by atoms with E-state index in [2.05, 4.69) is 153 Å². The zero-order valence-corrected chi connectivity index (χ0v) is 58.4. The standard InChI is InChI=1S/C35H38N8O2.C21H19ClN6.C20H31BN2O4/c1-45-22-31(44)39-25-14-19-42(20-15-25)27-6-2-5-23(21-27)29-12-13-30-34(40-29)43(33(41-30)28-7-3-18-38-32(28)36)26-10-8-24(9-11-26)35(37)16-4-17-35;22-17-9-8-16-20(27-17)28(19(26-16)15-3-1-12-25-18(15)23)14-6-4-13(5-7-14)21(24)10-2-11-21;1-19(2)20(3,4)27-21(26-19)15-7-6-8-17(13-15)23-11-9-16(10-12-23)22-18(24)14-25-5/h2-3,5-13,18,21,25H,4,14-17,19-20,22,37H2,1H3,(H2,36,38)(H,39,44);1,3-9,12H,2,10-11,24H2,(H2,23,25);6-8,13,16H,9-12,14H2,1-5H3,(H,22,24). The molecule has 100 heavy (non-hydrogen) atoms. The van der Waals surface area contributed by atoms with Gasteiger partial charge in [-0.3, -0.25) is 18.7 Å². The summed E-state index contributed by atoms with van der Waals surface area (Å²) in [5.41, 5.74) is 38.2. The van der Waals surface area contributed by atoms with Crippen LogP contribution in [-0.4, -0.2) is 135 Å². The molecular weight excluding hydrogens is 1280 g/mol. The maximum absolute atomic E-state index is 12.0. The Balaban J connectivity index is 0.000000142. The lowest BCUT2D eigenvalue weighted by Crippen LogP contribution is -2.46. The molecule has 0 atom stereocenters. The van der Waals surface area contributed by atoms with Gasteiger partial charge in [0.2, 0.25) is 11.8 Å². The van der Waals surface area contributed by atoms with E-state index in [4.69, 9.17) is 68.3 Å². The highest BCUT2D eigenvalue weighted by atomic mass is 35.5. The molecule has 518 valence electrons. The van der Waals surface area contributed by atoms with Gasteiger partial charge in [0.25, 0.3) is 0 Å². The second-order valence-electron chi connectivity index (χ2n) is 27.8. The van der Waals surface area contributed by atoms with E-state index < -0.39 is 0 Å². The van der Waals surface area contributed by atoms with Crippen LogP contribution < -0.4 is 48.8 Å². The molecule has 10 aromatic rings. The number of amides is 2. The minimum Gasteiger partial charge on any atom is -0.399 e. The molecule has 0 spiro atoms. The zero-order chi connectivity index (χ0) is 69.9. The smallest absolute Gasteiger partial charge is 0.399 e. The molecule has 0 radical (unpaired) electrons. The lowest BCUT2D eigenvalue weighted by Gasteiger charge is -2.38. The maximum Gasteiger partial charge on any atom is 0.494 e. The van der Waals surface area contributed by atoms with E-state index in [0.717, 1.165) is 157 Å². The Kier molecular flexibility index (Phi) is 20.1. The number of nitrogens with two attached hydrogens (primary N) is 4. The molecule has 0 unspecified atom stereocenters. The fourth-order valence-corrected chi connectivity index (χ4v) is 13.9. The van der Waals surface area contributed by atoms with E-state index in [1.54, 1.807) is 18.5 Å². The summed E-state index contributed by atoms with van der Waals surface area (Å²) in [5.74, 6) is 2.08. The van der Waals surface area contributed by atoms with E-state index in [0.29, 0.717) is 34.1 Å². The van der Waals surface area contributed by atoms with Crippen LogP contribution in [0.25, 0.3) is 67.7 Å². The molecule has 3 aliphatic heterocycles. The van der Waals surface area contributed by atoms with Gasteiger partial charge < -0.3 is 62.2 Å². The Morgan fingerprint density at radius 2 is 1.00 bits per heavy atom. The fourth-order valence-electron chi connectivity index (χ4n) is 13.8. The second kappa shape index (κ2) is 29.1. The van der Waals surface area contributed by atoms with Crippen LogP contribution in [0.2, 0.25) is 5.15 Å². The Hall–Kier alpha value is -9.33. The van der Waals surface area contributed by atoms with Crippen molar-refractivity contribution in [3.8, 4) is 45.4 Å². The Labute approximate surface area is 588 Å². The fraction of sp³-hybridized carbons (Fsp3) is 0.368. The first-order valence-electron chi connectivity index (χ1n) is 34.5. The molecule has 6 aromatic heterocycles. The molecule has 5 fully saturated rings. The van der Waals surface area contributed by atoms with Gasteiger partial charge in [-0.25, -0.2) is 29.9 Å². The number of piperidine rings is 2. The van der Waals surface area contributed by atoms with Crippen LogP contribution in [-0.2, 0) is 39.4 Å². The number of aromatic nitrogens is 8. The number of rotatable bonds is 16. The predicted molar refractivity (Wildman–Crippen MR) is 396 cm³/mol. The molecule has 3 saturated heterocycles. The summed E-state index contributed by atoms with van der Waals surface area (Å²) in [4.78, 5) is 56.3. The second-order valence-corrected chi connectivity index (χ2v) is 28.2. The molecule has 15 rings (SSSR count). The first-order chi connectivity index (χ1) is 48.2. The SMILES string of the molecule is COCC(=O)NC1CCN(c2cccc(-c3ccc4nc(-c5cccnc5N)n(-c5ccc(C6(N)CCC6)cc5)c4n3)c2)CC1.COCC(=O)NC1CCN(c2cccc(B3OC(C)(C)C(C)(C)O3)c2)CC1.Nc1ncccc1-c1nc2ccc(Cl)nc2n1-c1ccc(C2(N)CCC2)cc1. The lowest BCUT2D eigenvalue weighted by molar-refractivity contribution is -0.126. The third-order valence-electron chi connectivity index (χ3n) is 20.6. The van der Waals surface area contributed by atoms with Crippen molar-refractivity contribution in [1.29, 1.82) is 0 Å². The van der Waals surface area contributed by atoms with Crippen LogP contribution in [0.1, 0.15) is 103 Å². The summed E-state index contributed by atoms with van der Waals surface area (Å²) in [5, 5.41) is 6.52. The minimum absolute atomic E-state index is 0.0429. The normalized spacial score (nSPS) is 17.7. The lowest BCUT2D eigenvalue weighted by atomic mass is 9.73. The van der Waals surface area contributed by atoms with E-state index in [1.807, 2.05) is 59.2 Å². The van der Waals surface area contributed by atoms with Gasteiger partial charge in [-0.1, -0.05) is 60.1 Å². The molecule has 9 heterocycles. The van der Waals surface area contributed by atoms with Gasteiger partial charge in [-0.05, 0) is 206 Å². The van der Waals surface area contributed by atoms with E-state index >= 15 is 0 Å².